The quantitative estimate of drug-likeness (QED) is 0.296. The van der Waals surface area contributed by atoms with Crippen molar-refractivity contribution in [2.75, 3.05) is 18.4 Å². The zero-order chi connectivity index (χ0) is 18.9. The molecule has 4 atom stereocenters. The second-order valence-electron chi connectivity index (χ2n) is 6.19. The molecule has 1 aliphatic rings. The van der Waals surface area contributed by atoms with Crippen LogP contribution in [-0.4, -0.2) is 60.6 Å². The van der Waals surface area contributed by atoms with E-state index in [0.29, 0.717) is 23.5 Å². The Balaban J connectivity index is 2.00. The summed E-state index contributed by atoms with van der Waals surface area (Å²) in [5, 5.41) is 27.7. The molecule has 1 aliphatic heterocycles. The van der Waals surface area contributed by atoms with E-state index in [2.05, 4.69) is 30.3 Å². The van der Waals surface area contributed by atoms with Crippen LogP contribution >= 0.6 is 11.6 Å². The Kier molecular flexibility index (Phi) is 5.17. The van der Waals surface area contributed by atoms with Gasteiger partial charge in [-0.05, 0) is 30.5 Å². The van der Waals surface area contributed by atoms with Crippen LogP contribution in [0.2, 0.25) is 5.28 Å². The van der Waals surface area contributed by atoms with Gasteiger partial charge in [-0.15, -0.1) is 0 Å². The number of aromatic nitrogens is 4. The topological polar surface area (TPSA) is 154 Å². The lowest BCUT2D eigenvalue weighted by Gasteiger charge is -2.25. The zero-order valence-electron chi connectivity index (χ0n) is 14.2. The first kappa shape index (κ1) is 18.6. The van der Waals surface area contributed by atoms with Gasteiger partial charge in [-0.25, -0.2) is 4.98 Å². The third-order valence-corrected chi connectivity index (χ3v) is 4.51. The fraction of sp³-hybridized carbons (Fsp3) is 0.643. The summed E-state index contributed by atoms with van der Waals surface area (Å²) in [6, 6.07) is 0. The minimum absolute atomic E-state index is 0.0164. The van der Waals surface area contributed by atoms with Crippen LogP contribution in [0, 0.1) is 0 Å². The monoisotopic (exact) mass is 382 g/mol. The summed E-state index contributed by atoms with van der Waals surface area (Å²) in [6.07, 6.45) is -0.824. The molecule has 1 saturated heterocycles. The maximum Gasteiger partial charge on any atom is 0.226 e. The van der Waals surface area contributed by atoms with Crippen molar-refractivity contribution >= 4 is 28.6 Å². The Morgan fingerprint density at radius 2 is 2.31 bits per heavy atom. The molecule has 1 fully saturated rings. The van der Waals surface area contributed by atoms with Crippen molar-refractivity contribution in [1.29, 1.82) is 0 Å². The first-order chi connectivity index (χ1) is 12.4. The van der Waals surface area contributed by atoms with Crippen molar-refractivity contribution in [3.8, 4) is 0 Å². The number of azide groups is 1. The van der Waals surface area contributed by atoms with Crippen LogP contribution in [0.1, 0.15) is 26.5 Å². The molecule has 0 aromatic carbocycles. The number of hydrogen-bond acceptors (Lipinski definition) is 8. The molecule has 0 bridgehead atoms. The molecule has 12 heteroatoms. The number of nitrogens with one attached hydrogen (secondary N) is 1. The summed E-state index contributed by atoms with van der Waals surface area (Å²) >= 11 is 6.02. The van der Waals surface area contributed by atoms with E-state index in [4.69, 9.17) is 21.9 Å². The Labute approximate surface area is 153 Å². The molecule has 0 spiro atoms. The lowest BCUT2D eigenvalue weighted by molar-refractivity contribution is -0.0600. The van der Waals surface area contributed by atoms with E-state index in [9.17, 15) is 10.2 Å². The van der Waals surface area contributed by atoms with Crippen molar-refractivity contribution in [3.63, 3.8) is 0 Å². The summed E-state index contributed by atoms with van der Waals surface area (Å²) in [5.74, 6) is 0.477. The Hall–Kier alpha value is -2.17. The average molecular weight is 383 g/mol. The minimum atomic E-state index is -1.62. The van der Waals surface area contributed by atoms with E-state index < -0.39 is 24.0 Å². The van der Waals surface area contributed by atoms with Crippen LogP contribution in [0.15, 0.2) is 11.4 Å². The first-order valence-corrected chi connectivity index (χ1v) is 8.48. The summed E-state index contributed by atoms with van der Waals surface area (Å²) in [4.78, 5) is 15.3. The maximum atomic E-state index is 10.6. The highest BCUT2D eigenvalue weighted by Crippen LogP contribution is 2.38. The molecule has 0 unspecified atom stereocenters. The number of ether oxygens (including phenoxy) is 1. The van der Waals surface area contributed by atoms with Crippen molar-refractivity contribution in [1.82, 2.24) is 19.5 Å². The van der Waals surface area contributed by atoms with Gasteiger partial charge in [0, 0.05) is 11.5 Å². The van der Waals surface area contributed by atoms with Gasteiger partial charge in [0.15, 0.2) is 23.2 Å². The van der Waals surface area contributed by atoms with Gasteiger partial charge in [0.05, 0.1) is 19.0 Å². The number of fused-ring (bicyclic) bond motifs is 1. The molecule has 26 heavy (non-hydrogen) atoms. The van der Waals surface area contributed by atoms with Crippen molar-refractivity contribution in [3.05, 3.63) is 22.1 Å². The molecule has 3 N–H and O–H groups in total. The summed E-state index contributed by atoms with van der Waals surface area (Å²) in [6.45, 7) is 3.99. The molecule has 11 nitrogen and oxygen atoms in total. The number of nitrogens with zero attached hydrogens (tertiary/aromatic N) is 7. The Bertz CT molecular complexity index is 850. The highest BCUT2D eigenvalue weighted by atomic mass is 35.5. The highest BCUT2D eigenvalue weighted by Gasteiger charge is 2.52. The number of aliphatic hydroxyl groups excluding tert-OH is 1. The fourth-order valence-electron chi connectivity index (χ4n) is 2.86. The standard InChI is InChI=1S/C14H19ClN8O3/c1-3-4-17-10-8-11(21-13(15)20-10)23(6-18-8)12-9(24)14(2,25)7(26-12)5-19-22-16/h6-7,9,12,24-25H,3-5H2,1-2H3,(H,17,20,21)/t7-,9+,12-,14+/m1/s1. The van der Waals surface area contributed by atoms with Crippen LogP contribution in [0.4, 0.5) is 5.82 Å². The lowest BCUT2D eigenvalue weighted by atomic mass is 9.94. The van der Waals surface area contributed by atoms with Crippen LogP contribution in [0.5, 0.6) is 0 Å². The Morgan fingerprint density at radius 3 is 3.00 bits per heavy atom. The molecule has 0 aliphatic carbocycles. The van der Waals surface area contributed by atoms with Gasteiger partial charge in [-0.2, -0.15) is 9.97 Å². The summed E-state index contributed by atoms with van der Waals surface area (Å²) in [7, 11) is 0. The highest BCUT2D eigenvalue weighted by molar-refractivity contribution is 6.28. The van der Waals surface area contributed by atoms with Gasteiger partial charge < -0.3 is 20.3 Å². The third kappa shape index (κ3) is 3.15. The van der Waals surface area contributed by atoms with Crippen LogP contribution in [0.3, 0.4) is 0 Å². The van der Waals surface area contributed by atoms with Crippen LogP contribution in [0.25, 0.3) is 21.6 Å². The van der Waals surface area contributed by atoms with Gasteiger partial charge in [-0.1, -0.05) is 12.0 Å². The normalized spacial score (nSPS) is 28.3. The molecule has 140 valence electrons. The van der Waals surface area contributed by atoms with E-state index in [1.54, 1.807) is 0 Å². The van der Waals surface area contributed by atoms with Crippen molar-refractivity contribution in [2.45, 2.75) is 44.3 Å². The van der Waals surface area contributed by atoms with Gasteiger partial charge >= 0.3 is 0 Å². The molecule has 2 aromatic rings. The van der Waals surface area contributed by atoms with Crippen LogP contribution < -0.4 is 5.32 Å². The lowest BCUT2D eigenvalue weighted by Crippen LogP contribution is -2.45. The molecule has 0 radical (unpaired) electrons. The molecule has 0 saturated carbocycles. The molecule has 3 heterocycles. The predicted octanol–water partition coefficient (Wildman–Crippen LogP) is 1.62. The number of aliphatic hydroxyl groups is 2. The van der Waals surface area contributed by atoms with Gasteiger partial charge in [0.1, 0.15) is 11.7 Å². The molecule has 2 aromatic heterocycles. The molecular weight excluding hydrogens is 364 g/mol. The summed E-state index contributed by atoms with van der Waals surface area (Å²) in [5.41, 5.74) is 7.70. The molecule has 3 rings (SSSR count). The predicted molar refractivity (Wildman–Crippen MR) is 93.7 cm³/mol. The molecule has 0 amide bonds. The number of hydrogen-bond donors (Lipinski definition) is 3. The zero-order valence-corrected chi connectivity index (χ0v) is 15.0. The first-order valence-electron chi connectivity index (χ1n) is 8.10. The fourth-order valence-corrected chi connectivity index (χ4v) is 3.02. The van der Waals surface area contributed by atoms with E-state index in [-0.39, 0.29) is 11.8 Å². The van der Waals surface area contributed by atoms with E-state index in [1.165, 1.54) is 17.8 Å². The van der Waals surface area contributed by atoms with E-state index in [1.807, 2.05) is 6.92 Å². The Morgan fingerprint density at radius 1 is 1.54 bits per heavy atom. The minimum Gasteiger partial charge on any atom is -0.385 e. The van der Waals surface area contributed by atoms with Crippen molar-refractivity contribution < 1.29 is 14.9 Å². The van der Waals surface area contributed by atoms with Gasteiger partial charge in [0.25, 0.3) is 0 Å². The smallest absolute Gasteiger partial charge is 0.226 e. The van der Waals surface area contributed by atoms with Crippen LogP contribution in [-0.2, 0) is 4.74 Å². The van der Waals surface area contributed by atoms with Crippen molar-refractivity contribution in [2.24, 2.45) is 5.11 Å². The number of rotatable bonds is 6. The van der Waals surface area contributed by atoms with Gasteiger partial charge in [-0.3, -0.25) is 4.57 Å². The SMILES string of the molecule is CCCNc1nc(Cl)nc2c1ncn2[C@@H]1O[C@H](CN=[N+]=[N-])[C@](C)(O)[C@H]1O. The van der Waals surface area contributed by atoms with E-state index >= 15 is 0 Å². The van der Waals surface area contributed by atoms with E-state index in [0.717, 1.165) is 6.42 Å². The third-order valence-electron chi connectivity index (χ3n) is 4.35. The second-order valence-corrected chi connectivity index (χ2v) is 6.53. The number of anilines is 1. The van der Waals surface area contributed by atoms with Gasteiger partial charge in [0.2, 0.25) is 5.28 Å². The maximum absolute atomic E-state index is 10.6. The largest absolute Gasteiger partial charge is 0.385 e. The molecular formula is C14H19ClN8O3. The number of imidazole rings is 1. The summed E-state index contributed by atoms with van der Waals surface area (Å²) < 4.78 is 7.22. The average Bonchev–Trinajstić information content (AvgIpc) is 3.11. The number of halogens is 1. The second kappa shape index (κ2) is 7.22.